The van der Waals surface area contributed by atoms with E-state index < -0.39 is 11.5 Å². The molecular weight excluding hydrogens is 293 g/mol. The monoisotopic (exact) mass is 308 g/mol. The normalized spacial score (nSPS) is 11.2. The molecule has 1 aromatic carbocycles. The lowest BCUT2D eigenvalue weighted by atomic mass is 10.1. The maximum Gasteiger partial charge on any atom is 0.441 e. The van der Waals surface area contributed by atoms with E-state index >= 15 is 0 Å². The Balaban J connectivity index is 2.67. The van der Waals surface area contributed by atoms with Gasteiger partial charge in [0.2, 0.25) is 0 Å². The van der Waals surface area contributed by atoms with Crippen LogP contribution in [0.5, 0.6) is 0 Å². The summed E-state index contributed by atoms with van der Waals surface area (Å²) in [5.74, 6) is -0.721. The third kappa shape index (κ3) is 5.60. The molecule has 0 aliphatic rings. The van der Waals surface area contributed by atoms with E-state index in [0.29, 0.717) is 11.4 Å². The van der Waals surface area contributed by atoms with Gasteiger partial charge in [-0.3, -0.25) is 0 Å². The number of hydrogen-bond donors (Lipinski definition) is 2. The van der Waals surface area contributed by atoms with Crippen LogP contribution in [0.1, 0.15) is 17.3 Å². The number of thioether (sulfide) groups is 1. The molecule has 0 amide bonds. The highest BCUT2D eigenvalue weighted by Gasteiger charge is 2.27. The van der Waals surface area contributed by atoms with Crippen LogP contribution in [0.4, 0.5) is 24.5 Å². The average molecular weight is 308 g/mol. The number of nitrogens with one attached hydrogen (secondary N) is 1. The standard InChI is InChI=1S/C12H15F3N2O2S/c1-2-19-11(18)9-7-8(16)3-4-10(9)17-5-6-20-12(13,14)15/h3-4,7,17H,2,5-6,16H2,1H3. The van der Waals surface area contributed by atoms with Crippen molar-refractivity contribution in [3.05, 3.63) is 23.8 Å². The van der Waals surface area contributed by atoms with Gasteiger partial charge in [-0.05, 0) is 36.9 Å². The number of benzene rings is 1. The molecule has 0 heterocycles. The summed E-state index contributed by atoms with van der Waals surface area (Å²) >= 11 is -0.123. The Morgan fingerprint density at radius 1 is 1.45 bits per heavy atom. The van der Waals surface area contributed by atoms with E-state index in [2.05, 4.69) is 5.32 Å². The summed E-state index contributed by atoms with van der Waals surface area (Å²) in [6.07, 6.45) is 0. The van der Waals surface area contributed by atoms with Gasteiger partial charge in [0.1, 0.15) is 0 Å². The zero-order valence-electron chi connectivity index (χ0n) is 10.8. The highest BCUT2D eigenvalue weighted by Crippen LogP contribution is 2.29. The van der Waals surface area contributed by atoms with Crippen molar-refractivity contribution in [1.82, 2.24) is 0 Å². The fraction of sp³-hybridized carbons (Fsp3) is 0.417. The maximum atomic E-state index is 12.0. The van der Waals surface area contributed by atoms with Crippen molar-refractivity contribution in [2.75, 3.05) is 30.0 Å². The van der Waals surface area contributed by atoms with Crippen LogP contribution in [-0.4, -0.2) is 30.4 Å². The second kappa shape index (κ2) is 7.28. The highest BCUT2D eigenvalue weighted by molar-refractivity contribution is 8.00. The van der Waals surface area contributed by atoms with Gasteiger partial charge in [0.05, 0.1) is 12.2 Å². The molecule has 20 heavy (non-hydrogen) atoms. The van der Waals surface area contributed by atoms with E-state index in [1.54, 1.807) is 19.1 Å². The van der Waals surface area contributed by atoms with Crippen molar-refractivity contribution in [3.63, 3.8) is 0 Å². The van der Waals surface area contributed by atoms with Crippen LogP contribution in [0.2, 0.25) is 0 Å². The first-order valence-corrected chi connectivity index (χ1v) is 6.83. The lowest BCUT2D eigenvalue weighted by Crippen LogP contribution is -2.13. The van der Waals surface area contributed by atoms with Gasteiger partial charge in [-0.15, -0.1) is 0 Å². The number of esters is 1. The number of carbonyl (C=O) groups excluding carboxylic acids is 1. The van der Waals surface area contributed by atoms with Crippen molar-refractivity contribution in [2.45, 2.75) is 12.4 Å². The van der Waals surface area contributed by atoms with Gasteiger partial charge in [0.25, 0.3) is 0 Å². The van der Waals surface area contributed by atoms with Gasteiger partial charge in [-0.1, -0.05) is 0 Å². The molecule has 8 heteroatoms. The topological polar surface area (TPSA) is 64.3 Å². The van der Waals surface area contributed by atoms with Crippen LogP contribution in [0, 0.1) is 0 Å². The average Bonchev–Trinajstić information content (AvgIpc) is 2.35. The molecule has 0 bridgehead atoms. The minimum Gasteiger partial charge on any atom is -0.462 e. The van der Waals surface area contributed by atoms with E-state index in [9.17, 15) is 18.0 Å². The second-order valence-corrected chi connectivity index (χ2v) is 4.91. The van der Waals surface area contributed by atoms with Crippen molar-refractivity contribution < 1.29 is 22.7 Å². The molecule has 0 radical (unpaired) electrons. The SMILES string of the molecule is CCOC(=O)c1cc(N)ccc1NCCSC(F)(F)F. The van der Waals surface area contributed by atoms with Crippen LogP contribution in [-0.2, 0) is 4.74 Å². The molecule has 0 spiro atoms. The Labute approximate surface area is 118 Å². The lowest BCUT2D eigenvalue weighted by Gasteiger charge is -2.12. The van der Waals surface area contributed by atoms with E-state index in [0.717, 1.165) is 0 Å². The summed E-state index contributed by atoms with van der Waals surface area (Å²) < 4.78 is 40.8. The summed E-state index contributed by atoms with van der Waals surface area (Å²) in [6.45, 7) is 1.94. The molecule has 0 saturated carbocycles. The van der Waals surface area contributed by atoms with Crippen LogP contribution in [0.25, 0.3) is 0 Å². The quantitative estimate of drug-likeness (QED) is 0.480. The van der Waals surface area contributed by atoms with E-state index in [4.69, 9.17) is 10.5 Å². The number of nitrogens with two attached hydrogens (primary N) is 1. The van der Waals surface area contributed by atoms with E-state index in [-0.39, 0.29) is 36.2 Å². The zero-order valence-corrected chi connectivity index (χ0v) is 11.6. The van der Waals surface area contributed by atoms with Crippen LogP contribution in [0.3, 0.4) is 0 Å². The summed E-state index contributed by atoms with van der Waals surface area (Å²) in [5, 5.41) is 2.78. The van der Waals surface area contributed by atoms with E-state index in [1.807, 2.05) is 0 Å². The van der Waals surface area contributed by atoms with E-state index in [1.165, 1.54) is 6.07 Å². The van der Waals surface area contributed by atoms with Crippen LogP contribution >= 0.6 is 11.8 Å². The van der Waals surface area contributed by atoms with Gasteiger partial charge in [0.15, 0.2) is 0 Å². The summed E-state index contributed by atoms with van der Waals surface area (Å²) in [6, 6.07) is 4.53. The Morgan fingerprint density at radius 3 is 2.75 bits per heavy atom. The molecular formula is C12H15F3N2O2S. The smallest absolute Gasteiger partial charge is 0.441 e. The first-order chi connectivity index (χ1) is 9.33. The third-order valence-electron chi connectivity index (χ3n) is 2.22. The number of rotatable bonds is 6. The Hall–Kier alpha value is -1.57. The fourth-order valence-corrected chi connectivity index (χ4v) is 1.88. The van der Waals surface area contributed by atoms with Gasteiger partial charge in [-0.2, -0.15) is 13.2 Å². The molecule has 0 saturated heterocycles. The molecule has 0 aliphatic heterocycles. The largest absolute Gasteiger partial charge is 0.462 e. The maximum absolute atomic E-state index is 12.0. The predicted octanol–water partition coefficient (Wildman–Crippen LogP) is 3.11. The molecule has 4 nitrogen and oxygen atoms in total. The highest BCUT2D eigenvalue weighted by atomic mass is 32.2. The van der Waals surface area contributed by atoms with Crippen LogP contribution < -0.4 is 11.1 Å². The summed E-state index contributed by atoms with van der Waals surface area (Å²) in [7, 11) is 0. The predicted molar refractivity (Wildman–Crippen MR) is 73.8 cm³/mol. The van der Waals surface area contributed by atoms with Gasteiger partial charge in [-0.25, -0.2) is 4.79 Å². The molecule has 3 N–H and O–H groups in total. The number of alkyl halides is 3. The molecule has 0 fully saturated rings. The fourth-order valence-electron chi connectivity index (χ4n) is 1.45. The molecule has 0 aliphatic carbocycles. The zero-order chi connectivity index (χ0) is 15.2. The number of carbonyl (C=O) groups is 1. The number of nitrogen functional groups attached to an aromatic ring is 1. The molecule has 1 rings (SSSR count). The Kier molecular flexibility index (Phi) is 6.00. The minimum atomic E-state index is -4.26. The number of ether oxygens (including phenoxy) is 1. The van der Waals surface area contributed by atoms with Gasteiger partial charge < -0.3 is 15.8 Å². The molecule has 112 valence electrons. The first kappa shape index (κ1) is 16.5. The first-order valence-electron chi connectivity index (χ1n) is 5.84. The Bertz CT molecular complexity index is 467. The number of anilines is 2. The minimum absolute atomic E-state index is 0.0699. The second-order valence-electron chi connectivity index (χ2n) is 3.75. The number of hydrogen-bond acceptors (Lipinski definition) is 5. The molecule has 0 aromatic heterocycles. The van der Waals surface area contributed by atoms with Gasteiger partial charge >= 0.3 is 11.5 Å². The Morgan fingerprint density at radius 2 is 2.15 bits per heavy atom. The molecule has 0 atom stereocenters. The van der Waals surface area contributed by atoms with Gasteiger partial charge in [0, 0.05) is 23.7 Å². The van der Waals surface area contributed by atoms with Crippen molar-refractivity contribution in [3.8, 4) is 0 Å². The molecule has 0 unspecified atom stereocenters. The summed E-state index contributed by atoms with van der Waals surface area (Å²) in [4.78, 5) is 11.7. The van der Waals surface area contributed by atoms with Crippen molar-refractivity contribution in [1.29, 1.82) is 0 Å². The number of halogens is 3. The van der Waals surface area contributed by atoms with Crippen molar-refractivity contribution in [2.24, 2.45) is 0 Å². The third-order valence-corrected chi connectivity index (χ3v) is 2.96. The van der Waals surface area contributed by atoms with Crippen LogP contribution in [0.15, 0.2) is 18.2 Å². The molecule has 1 aromatic rings. The van der Waals surface area contributed by atoms with Crippen molar-refractivity contribution >= 4 is 29.1 Å². The lowest BCUT2D eigenvalue weighted by molar-refractivity contribution is -0.0327. The summed E-state index contributed by atoms with van der Waals surface area (Å²) in [5.41, 5.74) is 2.32.